The summed E-state index contributed by atoms with van der Waals surface area (Å²) in [5, 5.41) is 9.99. The molecule has 20 heavy (non-hydrogen) atoms. The van der Waals surface area contributed by atoms with E-state index in [0.29, 0.717) is 11.8 Å². The van der Waals surface area contributed by atoms with Crippen molar-refractivity contribution in [2.75, 3.05) is 6.54 Å². The van der Waals surface area contributed by atoms with Crippen LogP contribution in [0, 0.1) is 0 Å². The van der Waals surface area contributed by atoms with Crippen molar-refractivity contribution in [2.24, 2.45) is 0 Å². The van der Waals surface area contributed by atoms with Gasteiger partial charge in [-0.3, -0.25) is 4.90 Å². The van der Waals surface area contributed by atoms with E-state index in [1.807, 2.05) is 12.1 Å². The molecule has 0 radical (unpaired) electrons. The van der Waals surface area contributed by atoms with Gasteiger partial charge in [-0.1, -0.05) is 36.4 Å². The van der Waals surface area contributed by atoms with Crippen molar-refractivity contribution >= 4 is 0 Å². The minimum absolute atomic E-state index is 0.474. The minimum Gasteiger partial charge on any atom is -0.508 e. The van der Waals surface area contributed by atoms with Crippen molar-refractivity contribution in [3.8, 4) is 5.75 Å². The van der Waals surface area contributed by atoms with Gasteiger partial charge in [0.2, 0.25) is 0 Å². The SMILES string of the molecule is Oc1cccc2c1CCC2N1CCc2ccccc2C1. The monoisotopic (exact) mass is 265 g/mol. The molecule has 1 unspecified atom stereocenters. The van der Waals surface area contributed by atoms with Crippen molar-refractivity contribution < 1.29 is 5.11 Å². The molecule has 2 aromatic carbocycles. The average Bonchev–Trinajstić information content (AvgIpc) is 2.92. The third kappa shape index (κ3) is 1.83. The summed E-state index contributed by atoms with van der Waals surface area (Å²) in [5.74, 6) is 0.474. The summed E-state index contributed by atoms with van der Waals surface area (Å²) in [6.45, 7) is 2.16. The fourth-order valence-corrected chi connectivity index (χ4v) is 3.78. The maximum atomic E-state index is 9.99. The molecular formula is C18H19NO. The van der Waals surface area contributed by atoms with E-state index in [1.54, 1.807) is 0 Å². The molecule has 2 heteroatoms. The number of hydrogen-bond donors (Lipinski definition) is 1. The zero-order valence-corrected chi connectivity index (χ0v) is 11.5. The Bertz CT molecular complexity index is 650. The number of rotatable bonds is 1. The number of phenols is 1. The molecule has 0 amide bonds. The van der Waals surface area contributed by atoms with Crippen LogP contribution in [-0.4, -0.2) is 16.6 Å². The summed E-state index contributed by atoms with van der Waals surface area (Å²) < 4.78 is 0. The molecule has 1 atom stereocenters. The Labute approximate surface area is 119 Å². The molecule has 0 bridgehead atoms. The second-order valence-corrected chi connectivity index (χ2v) is 5.89. The van der Waals surface area contributed by atoms with E-state index in [-0.39, 0.29) is 0 Å². The third-order valence-corrected chi connectivity index (χ3v) is 4.82. The normalized spacial score (nSPS) is 21.5. The van der Waals surface area contributed by atoms with E-state index in [1.165, 1.54) is 16.7 Å². The number of hydrogen-bond acceptors (Lipinski definition) is 2. The van der Waals surface area contributed by atoms with E-state index < -0.39 is 0 Å². The molecule has 0 saturated carbocycles. The van der Waals surface area contributed by atoms with Gasteiger partial charge >= 0.3 is 0 Å². The van der Waals surface area contributed by atoms with Crippen LogP contribution in [0.5, 0.6) is 5.75 Å². The van der Waals surface area contributed by atoms with Crippen LogP contribution in [-0.2, 0) is 19.4 Å². The Kier molecular flexibility index (Phi) is 2.78. The zero-order chi connectivity index (χ0) is 13.5. The highest BCUT2D eigenvalue weighted by atomic mass is 16.3. The number of fused-ring (bicyclic) bond motifs is 2. The molecule has 0 spiro atoms. The molecular weight excluding hydrogens is 246 g/mol. The number of aromatic hydroxyl groups is 1. The maximum absolute atomic E-state index is 9.99. The molecule has 1 heterocycles. The summed E-state index contributed by atoms with van der Waals surface area (Å²) in [4.78, 5) is 2.58. The molecule has 1 N–H and O–H groups in total. The van der Waals surface area contributed by atoms with Gasteiger partial charge in [0, 0.05) is 19.1 Å². The highest BCUT2D eigenvalue weighted by molar-refractivity contribution is 5.44. The van der Waals surface area contributed by atoms with E-state index in [0.717, 1.165) is 37.9 Å². The number of benzene rings is 2. The van der Waals surface area contributed by atoms with E-state index in [9.17, 15) is 5.11 Å². The highest BCUT2D eigenvalue weighted by Crippen LogP contribution is 2.41. The number of nitrogens with zero attached hydrogens (tertiary/aromatic N) is 1. The molecule has 2 nitrogen and oxygen atoms in total. The fraction of sp³-hybridized carbons (Fsp3) is 0.333. The molecule has 0 saturated heterocycles. The summed E-state index contributed by atoms with van der Waals surface area (Å²) in [6, 6.07) is 15.2. The van der Waals surface area contributed by atoms with Crippen molar-refractivity contribution in [3.63, 3.8) is 0 Å². The van der Waals surface area contributed by atoms with Gasteiger partial charge in [0.25, 0.3) is 0 Å². The van der Waals surface area contributed by atoms with Crippen LogP contribution in [0.15, 0.2) is 42.5 Å². The Morgan fingerprint density at radius 1 is 0.950 bits per heavy atom. The lowest BCUT2D eigenvalue weighted by Crippen LogP contribution is -2.33. The van der Waals surface area contributed by atoms with Gasteiger partial charge in [-0.2, -0.15) is 0 Å². The second kappa shape index (κ2) is 4.64. The first kappa shape index (κ1) is 12.0. The average molecular weight is 265 g/mol. The zero-order valence-electron chi connectivity index (χ0n) is 11.5. The van der Waals surface area contributed by atoms with Crippen molar-refractivity contribution in [2.45, 2.75) is 31.8 Å². The van der Waals surface area contributed by atoms with Gasteiger partial charge in [0.05, 0.1) is 0 Å². The molecule has 1 aliphatic heterocycles. The standard InChI is InChI=1S/C18H19NO/c20-18-7-3-6-15-16(18)8-9-17(15)19-11-10-13-4-1-2-5-14(13)12-19/h1-7,17,20H,8-12H2. The van der Waals surface area contributed by atoms with Crippen LogP contribution in [0.1, 0.15) is 34.7 Å². The first-order valence-electron chi connectivity index (χ1n) is 7.44. The van der Waals surface area contributed by atoms with E-state index in [2.05, 4.69) is 35.2 Å². The topological polar surface area (TPSA) is 23.5 Å². The van der Waals surface area contributed by atoms with Crippen molar-refractivity contribution in [1.82, 2.24) is 4.90 Å². The summed E-state index contributed by atoms with van der Waals surface area (Å²) in [6.07, 6.45) is 3.28. The van der Waals surface area contributed by atoms with Gasteiger partial charge in [0.15, 0.2) is 0 Å². The predicted octanol–water partition coefficient (Wildman–Crippen LogP) is 3.44. The maximum Gasteiger partial charge on any atom is 0.119 e. The molecule has 0 fully saturated rings. The largest absolute Gasteiger partial charge is 0.508 e. The summed E-state index contributed by atoms with van der Waals surface area (Å²) in [7, 11) is 0. The lowest BCUT2D eigenvalue weighted by atomic mass is 9.97. The minimum atomic E-state index is 0.474. The van der Waals surface area contributed by atoms with E-state index >= 15 is 0 Å². The first-order chi connectivity index (χ1) is 9.83. The molecule has 2 aliphatic rings. The van der Waals surface area contributed by atoms with Gasteiger partial charge in [-0.15, -0.1) is 0 Å². The Hall–Kier alpha value is -1.80. The smallest absolute Gasteiger partial charge is 0.119 e. The Morgan fingerprint density at radius 3 is 2.70 bits per heavy atom. The molecule has 2 aromatic rings. The van der Waals surface area contributed by atoms with Crippen LogP contribution in [0.4, 0.5) is 0 Å². The number of phenolic OH excluding ortho intramolecular Hbond substituents is 1. The van der Waals surface area contributed by atoms with Gasteiger partial charge in [-0.05, 0) is 47.6 Å². The highest BCUT2D eigenvalue weighted by Gasteiger charge is 2.31. The molecule has 0 aromatic heterocycles. The van der Waals surface area contributed by atoms with Gasteiger partial charge < -0.3 is 5.11 Å². The molecule has 1 aliphatic carbocycles. The lowest BCUT2D eigenvalue weighted by molar-refractivity contribution is 0.179. The summed E-state index contributed by atoms with van der Waals surface area (Å²) in [5.41, 5.74) is 5.46. The third-order valence-electron chi connectivity index (χ3n) is 4.82. The van der Waals surface area contributed by atoms with Crippen molar-refractivity contribution in [1.29, 1.82) is 0 Å². The van der Waals surface area contributed by atoms with Gasteiger partial charge in [0.1, 0.15) is 5.75 Å². The van der Waals surface area contributed by atoms with E-state index in [4.69, 9.17) is 0 Å². The summed E-state index contributed by atoms with van der Waals surface area (Å²) >= 11 is 0. The van der Waals surface area contributed by atoms with Gasteiger partial charge in [-0.25, -0.2) is 0 Å². The van der Waals surface area contributed by atoms with Crippen molar-refractivity contribution in [3.05, 3.63) is 64.7 Å². The Balaban J connectivity index is 1.64. The van der Waals surface area contributed by atoms with Crippen LogP contribution >= 0.6 is 0 Å². The predicted molar refractivity (Wildman–Crippen MR) is 79.7 cm³/mol. The van der Waals surface area contributed by atoms with Crippen LogP contribution < -0.4 is 0 Å². The molecule has 102 valence electrons. The second-order valence-electron chi connectivity index (χ2n) is 5.89. The Morgan fingerprint density at radius 2 is 1.80 bits per heavy atom. The molecule has 4 rings (SSSR count). The van der Waals surface area contributed by atoms with Crippen LogP contribution in [0.25, 0.3) is 0 Å². The first-order valence-corrected chi connectivity index (χ1v) is 7.44. The fourth-order valence-electron chi connectivity index (χ4n) is 3.78. The van der Waals surface area contributed by atoms with Crippen LogP contribution in [0.2, 0.25) is 0 Å². The lowest BCUT2D eigenvalue weighted by Gasteiger charge is -2.34. The van der Waals surface area contributed by atoms with Crippen LogP contribution in [0.3, 0.4) is 0 Å². The quantitative estimate of drug-likeness (QED) is 0.854.